The Labute approximate surface area is 118 Å². The van der Waals surface area contributed by atoms with E-state index in [1.165, 1.54) is 5.57 Å². The molecule has 3 heteroatoms. The Morgan fingerprint density at radius 3 is 2.72 bits per heavy atom. The smallest absolute Gasteiger partial charge is 0.126 e. The lowest BCUT2D eigenvalue weighted by Crippen LogP contribution is -2.08. The van der Waals surface area contributed by atoms with E-state index in [0.717, 1.165) is 28.8 Å². The van der Waals surface area contributed by atoms with Crippen LogP contribution in [0.5, 0.6) is 5.75 Å². The van der Waals surface area contributed by atoms with Crippen molar-refractivity contribution in [3.63, 3.8) is 0 Å². The minimum Gasteiger partial charge on any atom is -0.493 e. The van der Waals surface area contributed by atoms with Crippen LogP contribution in [-0.2, 0) is 0 Å². The Morgan fingerprint density at radius 1 is 1.44 bits per heavy atom. The third-order valence-corrected chi connectivity index (χ3v) is 3.24. The molecule has 1 aromatic carbocycles. The molecule has 0 saturated heterocycles. The van der Waals surface area contributed by atoms with Crippen LogP contribution >= 0.6 is 15.9 Å². The monoisotopic (exact) mass is 311 g/mol. The van der Waals surface area contributed by atoms with Crippen LogP contribution in [0.4, 0.5) is 0 Å². The van der Waals surface area contributed by atoms with Crippen LogP contribution in [0, 0.1) is 5.92 Å². The van der Waals surface area contributed by atoms with Crippen molar-refractivity contribution in [3.05, 3.63) is 33.8 Å². The summed E-state index contributed by atoms with van der Waals surface area (Å²) in [7, 11) is 0. The molecule has 0 radical (unpaired) electrons. The molecule has 0 aliphatic rings. The van der Waals surface area contributed by atoms with Gasteiger partial charge in [-0.05, 0) is 30.5 Å². The maximum atomic E-state index is 5.79. The average molecular weight is 312 g/mol. The van der Waals surface area contributed by atoms with E-state index in [-0.39, 0.29) is 0 Å². The van der Waals surface area contributed by atoms with Crippen molar-refractivity contribution in [2.24, 2.45) is 11.7 Å². The van der Waals surface area contributed by atoms with Crippen molar-refractivity contribution in [2.75, 3.05) is 13.2 Å². The van der Waals surface area contributed by atoms with Crippen molar-refractivity contribution >= 4 is 22.0 Å². The van der Waals surface area contributed by atoms with E-state index in [1.807, 2.05) is 12.1 Å². The molecule has 18 heavy (non-hydrogen) atoms. The van der Waals surface area contributed by atoms with E-state index in [0.29, 0.717) is 12.5 Å². The van der Waals surface area contributed by atoms with Crippen LogP contribution in [0.2, 0.25) is 0 Å². The topological polar surface area (TPSA) is 35.2 Å². The van der Waals surface area contributed by atoms with Gasteiger partial charge < -0.3 is 10.5 Å². The first-order chi connectivity index (χ1) is 8.58. The highest BCUT2D eigenvalue weighted by atomic mass is 79.9. The largest absolute Gasteiger partial charge is 0.493 e. The number of hydrogen-bond donors (Lipinski definition) is 1. The zero-order valence-electron chi connectivity index (χ0n) is 11.4. The van der Waals surface area contributed by atoms with Crippen LogP contribution in [0.25, 0.3) is 6.08 Å². The predicted molar refractivity (Wildman–Crippen MR) is 81.8 cm³/mol. The SMILES string of the molecule is CCCOc1ccc(Br)cc1C=C(CN)C(C)C. The molecule has 0 unspecified atom stereocenters. The maximum absolute atomic E-state index is 5.79. The van der Waals surface area contributed by atoms with Crippen molar-refractivity contribution in [2.45, 2.75) is 27.2 Å². The van der Waals surface area contributed by atoms with Crippen LogP contribution < -0.4 is 10.5 Å². The van der Waals surface area contributed by atoms with Gasteiger partial charge in [0.05, 0.1) is 6.61 Å². The first-order valence-corrected chi connectivity index (χ1v) is 7.20. The molecule has 0 atom stereocenters. The zero-order valence-corrected chi connectivity index (χ0v) is 13.0. The van der Waals surface area contributed by atoms with Crippen LogP contribution in [0.1, 0.15) is 32.8 Å². The summed E-state index contributed by atoms with van der Waals surface area (Å²) in [6.07, 6.45) is 3.15. The van der Waals surface area contributed by atoms with Gasteiger partial charge in [-0.1, -0.05) is 48.4 Å². The molecular weight excluding hydrogens is 290 g/mol. The molecular formula is C15H22BrNO. The summed E-state index contributed by atoms with van der Waals surface area (Å²) in [6.45, 7) is 7.74. The molecule has 0 amide bonds. The molecule has 0 aromatic heterocycles. The molecule has 2 N–H and O–H groups in total. The number of rotatable bonds is 6. The molecule has 0 heterocycles. The van der Waals surface area contributed by atoms with Gasteiger partial charge in [0.2, 0.25) is 0 Å². The molecule has 0 aliphatic carbocycles. The minimum absolute atomic E-state index is 0.452. The third-order valence-electron chi connectivity index (χ3n) is 2.75. The van der Waals surface area contributed by atoms with Crippen LogP contribution in [0.3, 0.4) is 0 Å². The van der Waals surface area contributed by atoms with Gasteiger partial charge in [0.1, 0.15) is 5.75 Å². The number of benzene rings is 1. The van der Waals surface area contributed by atoms with E-state index in [4.69, 9.17) is 10.5 Å². The molecule has 2 nitrogen and oxygen atoms in total. The lowest BCUT2D eigenvalue weighted by Gasteiger charge is -2.12. The van der Waals surface area contributed by atoms with Gasteiger partial charge in [0.15, 0.2) is 0 Å². The summed E-state index contributed by atoms with van der Waals surface area (Å²) in [5.41, 5.74) is 8.11. The van der Waals surface area contributed by atoms with Gasteiger partial charge in [-0.25, -0.2) is 0 Å². The van der Waals surface area contributed by atoms with E-state index in [9.17, 15) is 0 Å². The standard InChI is InChI=1S/C15H22BrNO/c1-4-7-18-15-6-5-14(16)9-12(15)8-13(10-17)11(2)3/h5-6,8-9,11H,4,7,10,17H2,1-3H3. The molecule has 0 fully saturated rings. The van der Waals surface area contributed by atoms with Gasteiger partial charge in [0, 0.05) is 16.6 Å². The van der Waals surface area contributed by atoms with Crippen LogP contribution in [-0.4, -0.2) is 13.2 Å². The van der Waals surface area contributed by atoms with E-state index in [2.05, 4.69) is 48.8 Å². The minimum atomic E-state index is 0.452. The number of ether oxygens (including phenoxy) is 1. The molecule has 0 spiro atoms. The number of hydrogen-bond acceptors (Lipinski definition) is 2. The first-order valence-electron chi connectivity index (χ1n) is 6.41. The Kier molecular flexibility index (Phi) is 6.44. The van der Waals surface area contributed by atoms with Crippen molar-refractivity contribution in [1.29, 1.82) is 0 Å². The van der Waals surface area contributed by atoms with E-state index >= 15 is 0 Å². The van der Waals surface area contributed by atoms with Crippen LogP contribution in [0.15, 0.2) is 28.2 Å². The lowest BCUT2D eigenvalue weighted by atomic mass is 10.00. The quantitative estimate of drug-likeness (QED) is 0.853. The Morgan fingerprint density at radius 2 is 2.17 bits per heavy atom. The average Bonchev–Trinajstić information content (AvgIpc) is 2.34. The second-order valence-corrected chi connectivity index (χ2v) is 5.52. The summed E-state index contributed by atoms with van der Waals surface area (Å²) in [4.78, 5) is 0. The molecule has 1 rings (SSSR count). The highest BCUT2D eigenvalue weighted by Crippen LogP contribution is 2.27. The summed E-state index contributed by atoms with van der Waals surface area (Å²) in [5, 5.41) is 0. The van der Waals surface area contributed by atoms with E-state index in [1.54, 1.807) is 0 Å². The number of nitrogens with two attached hydrogens (primary N) is 1. The highest BCUT2D eigenvalue weighted by molar-refractivity contribution is 9.10. The van der Waals surface area contributed by atoms with Gasteiger partial charge in [-0.15, -0.1) is 0 Å². The van der Waals surface area contributed by atoms with Crippen molar-refractivity contribution in [3.8, 4) is 5.75 Å². The van der Waals surface area contributed by atoms with Gasteiger partial charge >= 0.3 is 0 Å². The highest BCUT2D eigenvalue weighted by Gasteiger charge is 2.06. The molecule has 0 aliphatic heterocycles. The lowest BCUT2D eigenvalue weighted by molar-refractivity contribution is 0.316. The van der Waals surface area contributed by atoms with Crippen molar-refractivity contribution < 1.29 is 4.74 Å². The Hall–Kier alpha value is -0.800. The molecule has 0 saturated carbocycles. The fourth-order valence-electron chi connectivity index (χ4n) is 1.64. The maximum Gasteiger partial charge on any atom is 0.126 e. The summed E-state index contributed by atoms with van der Waals surface area (Å²) in [6, 6.07) is 6.07. The Bertz CT molecular complexity index is 413. The molecule has 0 bridgehead atoms. The molecule has 100 valence electrons. The molecule has 1 aromatic rings. The van der Waals surface area contributed by atoms with Gasteiger partial charge in [0.25, 0.3) is 0 Å². The zero-order chi connectivity index (χ0) is 13.5. The van der Waals surface area contributed by atoms with E-state index < -0.39 is 0 Å². The number of halogens is 1. The predicted octanol–water partition coefficient (Wildman–Crippen LogP) is 4.24. The van der Waals surface area contributed by atoms with Gasteiger partial charge in [-0.3, -0.25) is 0 Å². The normalized spacial score (nSPS) is 12.0. The van der Waals surface area contributed by atoms with Crippen molar-refractivity contribution in [1.82, 2.24) is 0 Å². The second-order valence-electron chi connectivity index (χ2n) is 4.61. The Balaban J connectivity index is 3.07. The summed E-state index contributed by atoms with van der Waals surface area (Å²) < 4.78 is 6.81. The fourth-order valence-corrected chi connectivity index (χ4v) is 2.02. The van der Waals surface area contributed by atoms with Gasteiger partial charge in [-0.2, -0.15) is 0 Å². The third kappa shape index (κ3) is 4.46. The fraction of sp³-hybridized carbons (Fsp3) is 0.467. The summed E-state index contributed by atoms with van der Waals surface area (Å²) in [5.74, 6) is 1.37. The summed E-state index contributed by atoms with van der Waals surface area (Å²) >= 11 is 3.50. The first kappa shape index (κ1) is 15.3. The second kappa shape index (κ2) is 7.59.